The second-order valence-electron chi connectivity index (χ2n) is 6.65. The fourth-order valence-corrected chi connectivity index (χ4v) is 2.77. The van der Waals surface area contributed by atoms with Crippen LogP contribution in [0.15, 0.2) is 24.7 Å². The number of alkyl halides is 3. The number of rotatable bonds is 6. The summed E-state index contributed by atoms with van der Waals surface area (Å²) in [6.07, 6.45) is 0.779. The molecule has 0 atom stereocenters. The van der Waals surface area contributed by atoms with Gasteiger partial charge in [-0.2, -0.15) is 18.3 Å². The third-order valence-corrected chi connectivity index (χ3v) is 4.16. The maximum Gasteiger partial charge on any atom is 0.422 e. The summed E-state index contributed by atoms with van der Waals surface area (Å²) in [4.78, 5) is 20.0. The van der Waals surface area contributed by atoms with Crippen LogP contribution in [-0.4, -0.2) is 38.4 Å². The van der Waals surface area contributed by atoms with Gasteiger partial charge in [0.25, 0.3) is 0 Å². The van der Waals surface area contributed by atoms with E-state index in [1.165, 1.54) is 6.20 Å². The molecule has 1 N–H and O–H groups in total. The molecule has 3 rings (SSSR count). The van der Waals surface area contributed by atoms with Crippen LogP contribution in [0.2, 0.25) is 0 Å². The van der Waals surface area contributed by atoms with Crippen molar-refractivity contribution in [3.8, 4) is 5.88 Å². The Bertz CT molecular complexity index is 1050. The summed E-state index contributed by atoms with van der Waals surface area (Å²) in [5.41, 5.74) is 2.82. The smallest absolute Gasteiger partial charge is 0.422 e. The number of halogens is 3. The number of aryl methyl sites for hydroxylation is 2. The minimum Gasteiger partial charge on any atom is -0.468 e. The van der Waals surface area contributed by atoms with Crippen LogP contribution in [0.3, 0.4) is 0 Å². The second kappa shape index (κ2) is 8.06. The first-order valence-corrected chi connectivity index (χ1v) is 8.94. The highest BCUT2D eigenvalue weighted by Gasteiger charge is 2.29. The molecular weight excluding hydrogens is 387 g/mol. The predicted molar refractivity (Wildman–Crippen MR) is 101 cm³/mol. The van der Waals surface area contributed by atoms with Gasteiger partial charge in [0.2, 0.25) is 11.8 Å². The van der Waals surface area contributed by atoms with E-state index < -0.39 is 12.8 Å². The summed E-state index contributed by atoms with van der Waals surface area (Å²) in [6.45, 7) is 4.22. The van der Waals surface area contributed by atoms with Crippen molar-refractivity contribution in [2.24, 2.45) is 0 Å². The first-order chi connectivity index (χ1) is 13.7. The molecule has 29 heavy (non-hydrogen) atoms. The monoisotopic (exact) mass is 407 g/mol. The van der Waals surface area contributed by atoms with Crippen LogP contribution in [-0.2, 0) is 11.3 Å². The highest BCUT2D eigenvalue weighted by atomic mass is 19.4. The molecular formula is C19H20F3N5O2. The van der Waals surface area contributed by atoms with Gasteiger partial charge >= 0.3 is 6.18 Å². The largest absolute Gasteiger partial charge is 0.468 e. The van der Waals surface area contributed by atoms with Crippen molar-refractivity contribution < 1.29 is 22.7 Å². The normalized spacial score (nSPS) is 11.7. The van der Waals surface area contributed by atoms with Crippen LogP contribution in [0.5, 0.6) is 5.88 Å². The number of anilines is 1. The highest BCUT2D eigenvalue weighted by molar-refractivity contribution is 5.99. The van der Waals surface area contributed by atoms with Crippen molar-refractivity contribution in [2.45, 2.75) is 39.9 Å². The van der Waals surface area contributed by atoms with Gasteiger partial charge in [0.05, 0.1) is 11.9 Å². The molecule has 0 spiro atoms. The minimum atomic E-state index is -4.42. The van der Waals surface area contributed by atoms with Crippen molar-refractivity contribution in [1.29, 1.82) is 0 Å². The number of fused-ring (bicyclic) bond motifs is 1. The van der Waals surface area contributed by atoms with Gasteiger partial charge in [0.1, 0.15) is 11.3 Å². The van der Waals surface area contributed by atoms with Crippen LogP contribution in [0, 0.1) is 13.8 Å². The molecule has 0 radical (unpaired) electrons. The van der Waals surface area contributed by atoms with E-state index in [1.807, 2.05) is 6.92 Å². The van der Waals surface area contributed by atoms with Crippen LogP contribution >= 0.6 is 0 Å². The summed E-state index contributed by atoms with van der Waals surface area (Å²) >= 11 is 0. The molecule has 1 amide bonds. The third-order valence-electron chi connectivity index (χ3n) is 4.16. The lowest BCUT2D eigenvalue weighted by Crippen LogP contribution is -2.20. The van der Waals surface area contributed by atoms with Crippen molar-refractivity contribution in [1.82, 2.24) is 19.7 Å². The number of pyridine rings is 2. The Morgan fingerprint density at radius 2 is 1.97 bits per heavy atom. The lowest BCUT2D eigenvalue weighted by Gasteiger charge is -2.11. The van der Waals surface area contributed by atoms with E-state index >= 15 is 0 Å². The average molecular weight is 407 g/mol. The molecule has 3 aromatic heterocycles. The van der Waals surface area contributed by atoms with Crippen molar-refractivity contribution in [3.63, 3.8) is 0 Å². The minimum absolute atomic E-state index is 0.0543. The molecule has 7 nitrogen and oxygen atoms in total. The number of carbonyl (C=O) groups excluding carboxylic acids is 1. The van der Waals surface area contributed by atoms with Gasteiger partial charge in [0, 0.05) is 30.6 Å². The Kier molecular flexibility index (Phi) is 5.71. The van der Waals surface area contributed by atoms with Gasteiger partial charge in [0.15, 0.2) is 6.61 Å². The molecule has 154 valence electrons. The third kappa shape index (κ3) is 5.01. The lowest BCUT2D eigenvalue weighted by atomic mass is 10.2. The van der Waals surface area contributed by atoms with Gasteiger partial charge < -0.3 is 10.1 Å². The number of nitrogens with one attached hydrogen (secondary N) is 1. The van der Waals surface area contributed by atoms with Crippen molar-refractivity contribution >= 4 is 22.6 Å². The van der Waals surface area contributed by atoms with E-state index in [0.29, 0.717) is 35.2 Å². The molecule has 10 heteroatoms. The van der Waals surface area contributed by atoms with E-state index in [1.54, 1.807) is 37.0 Å². The Balaban J connectivity index is 1.83. The summed E-state index contributed by atoms with van der Waals surface area (Å²) in [7, 11) is 0. The number of aromatic nitrogens is 4. The molecule has 0 aliphatic heterocycles. The van der Waals surface area contributed by atoms with E-state index in [9.17, 15) is 18.0 Å². The quantitative estimate of drug-likeness (QED) is 0.673. The first-order valence-electron chi connectivity index (χ1n) is 8.94. The standard InChI is InChI=1S/C19H20F3N5O2/c1-4-15(28)25-17-14-9-27(26-16(14)12(3)6-23-17)8-13-5-11(2)18(24-7-13)29-10-19(20,21)22/h5-7,9H,4,8,10H2,1-3H3,(H,23,25,28). The molecule has 0 aromatic carbocycles. The summed E-state index contributed by atoms with van der Waals surface area (Å²) < 4.78 is 43.3. The fourth-order valence-electron chi connectivity index (χ4n) is 2.77. The zero-order chi connectivity index (χ0) is 21.2. The molecule has 3 aromatic rings. The van der Waals surface area contributed by atoms with Gasteiger partial charge in [-0.3, -0.25) is 9.48 Å². The van der Waals surface area contributed by atoms with E-state index in [0.717, 1.165) is 11.1 Å². The van der Waals surface area contributed by atoms with Crippen LogP contribution in [0.1, 0.15) is 30.0 Å². The summed E-state index contributed by atoms with van der Waals surface area (Å²) in [6, 6.07) is 1.70. The number of ether oxygens (including phenoxy) is 1. The topological polar surface area (TPSA) is 81.9 Å². The van der Waals surface area contributed by atoms with E-state index in [4.69, 9.17) is 4.74 Å². The molecule has 0 bridgehead atoms. The maximum absolute atomic E-state index is 12.3. The Morgan fingerprint density at radius 1 is 1.21 bits per heavy atom. The molecule has 0 fully saturated rings. The zero-order valence-electron chi connectivity index (χ0n) is 16.2. The number of amides is 1. The fraction of sp³-hybridized carbons (Fsp3) is 0.368. The van der Waals surface area contributed by atoms with Crippen LogP contribution in [0.25, 0.3) is 10.9 Å². The number of carbonyl (C=O) groups is 1. The molecule has 0 unspecified atom stereocenters. The summed E-state index contributed by atoms with van der Waals surface area (Å²) in [5.74, 6) is 0.236. The molecule has 0 saturated heterocycles. The molecule has 3 heterocycles. The summed E-state index contributed by atoms with van der Waals surface area (Å²) in [5, 5.41) is 8.01. The first kappa shape index (κ1) is 20.6. The van der Waals surface area contributed by atoms with Gasteiger partial charge in [-0.05, 0) is 31.0 Å². The van der Waals surface area contributed by atoms with Crippen molar-refractivity contribution in [3.05, 3.63) is 41.3 Å². The SMILES string of the molecule is CCC(=O)Nc1ncc(C)c2nn(Cc3cnc(OCC(F)(F)F)c(C)c3)cc12. The van der Waals surface area contributed by atoms with Crippen molar-refractivity contribution in [2.75, 3.05) is 11.9 Å². The van der Waals surface area contributed by atoms with E-state index in [-0.39, 0.29) is 11.8 Å². The Morgan fingerprint density at radius 3 is 2.62 bits per heavy atom. The van der Waals surface area contributed by atoms with Gasteiger partial charge in [-0.25, -0.2) is 9.97 Å². The highest BCUT2D eigenvalue weighted by Crippen LogP contribution is 2.24. The molecule has 0 aliphatic rings. The van der Waals surface area contributed by atoms with Gasteiger partial charge in [-0.15, -0.1) is 0 Å². The second-order valence-corrected chi connectivity index (χ2v) is 6.65. The van der Waals surface area contributed by atoms with E-state index in [2.05, 4.69) is 20.4 Å². The molecule has 0 saturated carbocycles. The van der Waals surface area contributed by atoms with Gasteiger partial charge in [-0.1, -0.05) is 6.92 Å². The lowest BCUT2D eigenvalue weighted by molar-refractivity contribution is -0.154. The maximum atomic E-state index is 12.3. The number of hydrogen-bond acceptors (Lipinski definition) is 5. The Labute approximate surface area is 164 Å². The molecule has 0 aliphatic carbocycles. The van der Waals surface area contributed by atoms with Crippen LogP contribution in [0.4, 0.5) is 19.0 Å². The van der Waals surface area contributed by atoms with Crippen LogP contribution < -0.4 is 10.1 Å². The Hall–Kier alpha value is -3.17. The number of nitrogens with zero attached hydrogens (tertiary/aromatic N) is 4. The number of hydrogen-bond donors (Lipinski definition) is 1. The predicted octanol–water partition coefficient (Wildman–Crippen LogP) is 3.78. The zero-order valence-corrected chi connectivity index (χ0v) is 16.2. The average Bonchev–Trinajstić information content (AvgIpc) is 3.07.